The molecule has 0 amide bonds. The van der Waals surface area contributed by atoms with Gasteiger partial charge in [0, 0.05) is 17.9 Å². The number of nitrogens with one attached hydrogen (secondary N) is 2. The number of hydrogen-bond donors (Lipinski definition) is 4. The van der Waals surface area contributed by atoms with Gasteiger partial charge in [-0.3, -0.25) is 0 Å². The van der Waals surface area contributed by atoms with Crippen LogP contribution in [0.25, 0.3) is 11.2 Å². The second-order valence-electron chi connectivity index (χ2n) is 14.6. The molecule has 5 heterocycles. The van der Waals surface area contributed by atoms with Crippen LogP contribution in [-0.4, -0.2) is 137 Å². The Kier molecular flexibility index (Phi) is 12.4. The zero-order chi connectivity index (χ0) is 38.2. The fraction of sp³-hybridized carbons (Fsp3) is 0.765. The number of aliphatic hydroxyl groups excluding tert-OH is 2. The Labute approximate surface area is 327 Å². The van der Waals surface area contributed by atoms with E-state index < -0.39 is 11.6 Å². The van der Waals surface area contributed by atoms with Gasteiger partial charge in [-0.2, -0.15) is 0 Å². The zero-order valence-electron chi connectivity index (χ0n) is 31.4. The first-order chi connectivity index (χ1) is 25.9. The van der Waals surface area contributed by atoms with Crippen molar-refractivity contribution in [3.8, 4) is 0 Å². The summed E-state index contributed by atoms with van der Waals surface area (Å²) in [5.41, 5.74) is 1.33. The van der Waals surface area contributed by atoms with Gasteiger partial charge in [0.25, 0.3) is 0 Å². The summed E-state index contributed by atoms with van der Waals surface area (Å²) >= 11 is 10.0. The van der Waals surface area contributed by atoms with Crippen molar-refractivity contribution in [1.82, 2.24) is 34.9 Å². The highest BCUT2D eigenvalue weighted by Gasteiger charge is 2.57. The highest BCUT2D eigenvalue weighted by Crippen LogP contribution is 2.46. The smallest absolute Gasteiger partial charge is 0.191 e. The Bertz CT molecular complexity index is 1780. The summed E-state index contributed by atoms with van der Waals surface area (Å²) < 4.78 is 39.1. The van der Waals surface area contributed by atoms with Crippen LogP contribution in [0.3, 0.4) is 0 Å². The summed E-state index contributed by atoms with van der Waals surface area (Å²) in [5.74, 6) is 0.805. The minimum atomic E-state index is -0.827. The number of fused-ring (bicyclic) bond motifs is 3. The van der Waals surface area contributed by atoms with Crippen LogP contribution in [0, 0.1) is 0 Å². The molecular formula is C34H50ClN9O8S2. The van der Waals surface area contributed by atoms with Crippen molar-refractivity contribution in [2.75, 3.05) is 48.6 Å². The van der Waals surface area contributed by atoms with Crippen molar-refractivity contribution in [2.24, 2.45) is 0 Å². The lowest BCUT2D eigenvalue weighted by Gasteiger charge is -2.25. The van der Waals surface area contributed by atoms with E-state index in [9.17, 15) is 10.2 Å². The van der Waals surface area contributed by atoms with E-state index in [4.69, 9.17) is 55.0 Å². The quantitative estimate of drug-likeness (QED) is 0.0851. The van der Waals surface area contributed by atoms with E-state index in [1.807, 2.05) is 27.7 Å². The van der Waals surface area contributed by atoms with E-state index in [1.54, 1.807) is 4.68 Å². The Balaban J connectivity index is 1.25. The van der Waals surface area contributed by atoms with Gasteiger partial charge in [-0.05, 0) is 47.0 Å². The molecule has 0 unspecified atom stereocenters. The third-order valence-corrected chi connectivity index (χ3v) is 11.9. The first kappa shape index (κ1) is 40.0. The maximum atomic E-state index is 9.49. The van der Waals surface area contributed by atoms with Crippen molar-refractivity contribution in [3.05, 3.63) is 5.15 Å². The Morgan fingerprint density at radius 1 is 0.796 bits per heavy atom. The Morgan fingerprint density at radius 2 is 1.37 bits per heavy atom. The van der Waals surface area contributed by atoms with E-state index >= 15 is 0 Å². The number of nitrogens with zero attached hydrogens (tertiary/aromatic N) is 7. The first-order valence-electron chi connectivity index (χ1n) is 18.6. The molecule has 0 spiro atoms. The first-order valence-corrected chi connectivity index (χ1v) is 20.9. The average Bonchev–Trinajstić information content (AvgIpc) is 3.92. The van der Waals surface area contributed by atoms with Crippen LogP contribution < -0.4 is 10.6 Å². The van der Waals surface area contributed by atoms with Gasteiger partial charge in [-0.1, -0.05) is 54.2 Å². The van der Waals surface area contributed by atoms with Crippen molar-refractivity contribution in [3.63, 3.8) is 0 Å². The summed E-state index contributed by atoms with van der Waals surface area (Å²) in [6.45, 7) is 11.9. The maximum absolute atomic E-state index is 9.49. The van der Waals surface area contributed by atoms with Crippen molar-refractivity contribution >= 4 is 63.6 Å². The third kappa shape index (κ3) is 8.41. The number of rotatable bonds is 17. The van der Waals surface area contributed by atoms with E-state index in [-0.39, 0.29) is 80.3 Å². The predicted molar refractivity (Wildman–Crippen MR) is 202 cm³/mol. The fourth-order valence-electron chi connectivity index (χ4n) is 7.52. The summed E-state index contributed by atoms with van der Waals surface area (Å²) in [7, 11) is 0. The summed E-state index contributed by atoms with van der Waals surface area (Å²) in [4.78, 5) is 19.4. The molecule has 8 atom stereocenters. The minimum Gasteiger partial charge on any atom is -0.394 e. The van der Waals surface area contributed by atoms with Gasteiger partial charge in [0.1, 0.15) is 30.1 Å². The molecule has 2 aliphatic heterocycles. The van der Waals surface area contributed by atoms with Gasteiger partial charge in [0.15, 0.2) is 49.8 Å². The average molecular weight is 812 g/mol. The van der Waals surface area contributed by atoms with Gasteiger partial charge in [0.05, 0.1) is 50.7 Å². The van der Waals surface area contributed by atoms with Crippen LogP contribution in [0.1, 0.15) is 73.3 Å². The molecule has 298 valence electrons. The predicted octanol–water partition coefficient (Wildman–Crippen LogP) is 4.34. The topological polar surface area (TPSA) is 202 Å². The lowest BCUT2D eigenvalue weighted by Crippen LogP contribution is -2.35. The van der Waals surface area contributed by atoms with Gasteiger partial charge < -0.3 is 49.3 Å². The zero-order valence-corrected chi connectivity index (χ0v) is 33.7. The molecule has 3 aromatic heterocycles. The number of aliphatic hydroxyl groups is 2. The molecule has 2 saturated heterocycles. The number of thioether (sulfide) groups is 2. The highest BCUT2D eigenvalue weighted by molar-refractivity contribution is 7.99. The molecule has 4 fully saturated rings. The number of ether oxygens (including phenoxy) is 6. The van der Waals surface area contributed by atoms with E-state index in [1.165, 1.54) is 23.5 Å². The maximum Gasteiger partial charge on any atom is 0.191 e. The second-order valence-corrected chi connectivity index (χ2v) is 17.1. The molecule has 0 radical (unpaired) electrons. The van der Waals surface area contributed by atoms with Gasteiger partial charge >= 0.3 is 0 Å². The molecule has 7 rings (SSSR count). The summed E-state index contributed by atoms with van der Waals surface area (Å²) in [6, 6.07) is -0.586. The van der Waals surface area contributed by atoms with Gasteiger partial charge in [-0.25, -0.2) is 24.6 Å². The molecule has 2 aliphatic carbocycles. The number of aromatic nitrogens is 7. The molecule has 20 heteroatoms. The van der Waals surface area contributed by atoms with Crippen LogP contribution in [0.15, 0.2) is 10.3 Å². The normalized spacial score (nSPS) is 29.6. The van der Waals surface area contributed by atoms with Crippen LogP contribution in [0.5, 0.6) is 0 Å². The molecule has 54 heavy (non-hydrogen) atoms. The molecule has 4 N–H and O–H groups in total. The lowest BCUT2D eigenvalue weighted by molar-refractivity contribution is -0.171. The lowest BCUT2D eigenvalue weighted by atomic mass is 10.2. The minimum absolute atomic E-state index is 0.0980. The van der Waals surface area contributed by atoms with Gasteiger partial charge in [-0.15, -0.1) is 5.10 Å². The molecule has 0 aromatic carbocycles. The largest absolute Gasteiger partial charge is 0.394 e. The van der Waals surface area contributed by atoms with Gasteiger partial charge in [0.2, 0.25) is 0 Å². The van der Waals surface area contributed by atoms with E-state index in [2.05, 4.69) is 39.8 Å². The molecular weight excluding hydrogens is 762 g/mol. The summed E-state index contributed by atoms with van der Waals surface area (Å²) in [6.07, 6.45) is 0.855. The van der Waals surface area contributed by atoms with Crippen LogP contribution in [0.2, 0.25) is 5.15 Å². The van der Waals surface area contributed by atoms with E-state index in [0.29, 0.717) is 51.6 Å². The molecule has 17 nitrogen and oxygen atoms in total. The fourth-order valence-corrected chi connectivity index (χ4v) is 9.18. The monoisotopic (exact) mass is 811 g/mol. The molecule has 4 aliphatic rings. The highest BCUT2D eigenvalue weighted by atomic mass is 35.5. The number of halogens is 1. The van der Waals surface area contributed by atoms with E-state index in [0.717, 1.165) is 24.3 Å². The van der Waals surface area contributed by atoms with Crippen molar-refractivity contribution in [1.29, 1.82) is 0 Å². The third-order valence-electron chi connectivity index (χ3n) is 9.54. The SMILES string of the molecule is CCCSc1nc(Cl)c(Nc2nc(SCCC)nc3c2nnn3[C@@H]2C[C@H](OCCO)[C@H]3OC(C)(C)O[C@H]32)c(N[C@H]2C[C@H](OCCO)[C@H]3OC(C)(C)O[C@H]32)n1. The van der Waals surface area contributed by atoms with Crippen LogP contribution in [-0.2, 0) is 28.4 Å². The molecule has 2 saturated carbocycles. The second kappa shape index (κ2) is 16.7. The summed E-state index contributed by atoms with van der Waals surface area (Å²) in [5, 5.41) is 36.4. The van der Waals surface area contributed by atoms with Crippen LogP contribution >= 0.6 is 35.1 Å². The number of anilines is 3. The van der Waals surface area contributed by atoms with Crippen molar-refractivity contribution < 1.29 is 38.6 Å². The Hall–Kier alpha value is -2.17. The van der Waals surface area contributed by atoms with Crippen LogP contribution in [0.4, 0.5) is 17.3 Å². The Morgan fingerprint density at radius 3 is 2.02 bits per heavy atom. The van der Waals surface area contributed by atoms with Crippen molar-refractivity contribution in [2.45, 2.75) is 138 Å². The molecule has 0 bridgehead atoms. The number of hydrogen-bond acceptors (Lipinski definition) is 18. The molecule has 3 aromatic rings. The standard InChI is InChI=1S/C34H50ClN9O8S2/c1-7-13-53-31-38-27(35)21(28(39-31)36-17-15-19(47-11-9-45)25-23(17)49-33(3,4)51-25)37-29-22-30(41-32(40-29)54-14-8-2)44(43-42-22)18-16-20(48-12-10-46)26-24(18)50-34(5,6)52-26/h17-20,23-26,45-46H,7-16H2,1-6H3,(H,36,38,39)(H,37,40,41)/t17-,18+,19-,20-,23-,24-,25+,26+/m0/s1.